The van der Waals surface area contributed by atoms with E-state index in [1.807, 2.05) is 0 Å². The lowest BCUT2D eigenvalue weighted by Gasteiger charge is -2.24. The summed E-state index contributed by atoms with van der Waals surface area (Å²) in [4.78, 5) is 10.4. The van der Waals surface area contributed by atoms with Crippen LogP contribution in [0, 0.1) is 21.8 Å². The van der Waals surface area contributed by atoms with Crippen molar-refractivity contribution < 1.29 is 9.31 Å². The summed E-state index contributed by atoms with van der Waals surface area (Å²) in [6.07, 6.45) is 4.48. The van der Waals surface area contributed by atoms with Gasteiger partial charge in [-0.05, 0) is 40.8 Å². The molecule has 2 rings (SSSR count). The number of halogens is 2. The number of anilines is 1. The first kappa shape index (κ1) is 15.2. The van der Waals surface area contributed by atoms with Gasteiger partial charge in [-0.25, -0.2) is 4.39 Å². The zero-order valence-corrected chi connectivity index (χ0v) is 12.5. The molecule has 0 saturated heterocycles. The monoisotopic (exact) mass is 345 g/mol. The molecule has 0 aromatic heterocycles. The Hall–Kier alpha value is -1.21. The van der Waals surface area contributed by atoms with Crippen LogP contribution in [0.2, 0.25) is 0 Å². The zero-order chi connectivity index (χ0) is 14.7. The average molecular weight is 346 g/mol. The SMILES string of the molecule is NCC(Nc1cc(Br)c(F)cc1[N+](=O)[O-])C1CCCC1. The Labute approximate surface area is 125 Å². The van der Waals surface area contributed by atoms with Crippen LogP contribution in [0.5, 0.6) is 0 Å². The highest BCUT2D eigenvalue weighted by atomic mass is 79.9. The molecule has 0 spiro atoms. The highest BCUT2D eigenvalue weighted by molar-refractivity contribution is 9.10. The van der Waals surface area contributed by atoms with Gasteiger partial charge in [0.1, 0.15) is 11.5 Å². The highest BCUT2D eigenvalue weighted by Gasteiger charge is 2.26. The minimum absolute atomic E-state index is 0.0199. The fourth-order valence-electron chi connectivity index (χ4n) is 2.73. The summed E-state index contributed by atoms with van der Waals surface area (Å²) < 4.78 is 13.6. The number of benzene rings is 1. The van der Waals surface area contributed by atoms with Crippen molar-refractivity contribution in [3.8, 4) is 0 Å². The van der Waals surface area contributed by atoms with Crippen molar-refractivity contribution in [2.24, 2.45) is 11.7 Å². The van der Waals surface area contributed by atoms with Gasteiger partial charge in [-0.2, -0.15) is 0 Å². The van der Waals surface area contributed by atoms with Gasteiger partial charge in [-0.3, -0.25) is 10.1 Å². The second-order valence-electron chi connectivity index (χ2n) is 5.07. The van der Waals surface area contributed by atoms with Crippen molar-refractivity contribution in [3.63, 3.8) is 0 Å². The molecule has 0 amide bonds. The van der Waals surface area contributed by atoms with Crippen LogP contribution < -0.4 is 11.1 Å². The van der Waals surface area contributed by atoms with Crippen molar-refractivity contribution in [1.82, 2.24) is 0 Å². The van der Waals surface area contributed by atoms with Gasteiger partial charge >= 0.3 is 0 Å². The quantitative estimate of drug-likeness (QED) is 0.632. The molecule has 5 nitrogen and oxygen atoms in total. The van der Waals surface area contributed by atoms with E-state index in [0.717, 1.165) is 31.7 Å². The van der Waals surface area contributed by atoms with Crippen LogP contribution in [0.3, 0.4) is 0 Å². The first-order valence-corrected chi connectivity index (χ1v) is 7.42. The number of rotatable bonds is 5. The maximum absolute atomic E-state index is 13.4. The van der Waals surface area contributed by atoms with Crippen molar-refractivity contribution in [2.45, 2.75) is 31.7 Å². The van der Waals surface area contributed by atoms with Gasteiger partial charge in [-0.1, -0.05) is 12.8 Å². The molecule has 1 aromatic carbocycles. The van der Waals surface area contributed by atoms with Crippen LogP contribution in [-0.2, 0) is 0 Å². The third-order valence-electron chi connectivity index (χ3n) is 3.80. The van der Waals surface area contributed by atoms with E-state index in [4.69, 9.17) is 5.73 Å². The number of nitro groups is 1. The lowest BCUT2D eigenvalue weighted by Crippen LogP contribution is -2.35. The molecule has 1 fully saturated rings. The Balaban J connectivity index is 2.26. The molecule has 1 aliphatic carbocycles. The lowest BCUT2D eigenvalue weighted by atomic mass is 9.98. The summed E-state index contributed by atoms with van der Waals surface area (Å²) in [6, 6.07) is 2.31. The van der Waals surface area contributed by atoms with E-state index < -0.39 is 10.7 Å². The maximum Gasteiger partial charge on any atom is 0.295 e. The third kappa shape index (κ3) is 3.27. The Morgan fingerprint density at radius 3 is 2.70 bits per heavy atom. The summed E-state index contributed by atoms with van der Waals surface area (Å²) in [5, 5.41) is 14.2. The van der Waals surface area contributed by atoms with Gasteiger partial charge in [0.15, 0.2) is 0 Å². The molecule has 1 saturated carbocycles. The molecule has 0 bridgehead atoms. The molecule has 1 aliphatic rings. The zero-order valence-electron chi connectivity index (χ0n) is 10.9. The summed E-state index contributed by atoms with van der Waals surface area (Å²) in [5.74, 6) is -0.226. The number of hydrogen-bond acceptors (Lipinski definition) is 4. The Morgan fingerprint density at radius 1 is 1.50 bits per heavy atom. The van der Waals surface area contributed by atoms with Crippen molar-refractivity contribution in [2.75, 3.05) is 11.9 Å². The number of nitrogens with one attached hydrogen (secondary N) is 1. The molecule has 0 heterocycles. The predicted molar refractivity (Wildman–Crippen MR) is 79.2 cm³/mol. The van der Waals surface area contributed by atoms with E-state index in [9.17, 15) is 14.5 Å². The lowest BCUT2D eigenvalue weighted by molar-refractivity contribution is -0.384. The molecule has 1 unspecified atom stereocenters. The summed E-state index contributed by atoms with van der Waals surface area (Å²) in [5.41, 5.74) is 5.83. The molecule has 1 aromatic rings. The number of nitro benzene ring substituents is 1. The largest absolute Gasteiger partial charge is 0.375 e. The second kappa shape index (κ2) is 6.49. The van der Waals surface area contributed by atoms with Crippen LogP contribution in [0.1, 0.15) is 25.7 Å². The van der Waals surface area contributed by atoms with Crippen LogP contribution >= 0.6 is 15.9 Å². The standard InChI is InChI=1S/C13H17BrFN3O2/c14-9-5-11(13(18(19)20)6-10(9)15)17-12(7-16)8-3-1-2-4-8/h5-6,8,12,17H,1-4,7,16H2. The molecule has 0 aliphatic heterocycles. The Bertz CT molecular complexity index is 507. The molecular weight excluding hydrogens is 329 g/mol. The van der Waals surface area contributed by atoms with Gasteiger partial charge in [0.25, 0.3) is 5.69 Å². The molecule has 1 atom stereocenters. The van der Waals surface area contributed by atoms with E-state index in [0.29, 0.717) is 18.2 Å². The van der Waals surface area contributed by atoms with E-state index in [1.165, 1.54) is 6.07 Å². The molecule has 7 heteroatoms. The van der Waals surface area contributed by atoms with E-state index in [2.05, 4.69) is 21.2 Å². The number of hydrogen-bond donors (Lipinski definition) is 2. The van der Waals surface area contributed by atoms with Gasteiger partial charge in [0, 0.05) is 12.6 Å². The highest BCUT2D eigenvalue weighted by Crippen LogP contribution is 2.34. The van der Waals surface area contributed by atoms with Crippen LogP contribution in [0.25, 0.3) is 0 Å². The molecule has 110 valence electrons. The van der Waals surface area contributed by atoms with Crippen LogP contribution in [0.15, 0.2) is 16.6 Å². The minimum Gasteiger partial charge on any atom is -0.375 e. The Morgan fingerprint density at radius 2 is 2.15 bits per heavy atom. The predicted octanol–water partition coefficient (Wildman–Crippen LogP) is 3.43. The normalized spacial score (nSPS) is 17.1. The van der Waals surface area contributed by atoms with Crippen LogP contribution in [0.4, 0.5) is 15.8 Å². The first-order valence-electron chi connectivity index (χ1n) is 6.63. The van der Waals surface area contributed by atoms with E-state index in [-0.39, 0.29) is 16.2 Å². The summed E-state index contributed by atoms with van der Waals surface area (Å²) >= 11 is 3.06. The van der Waals surface area contributed by atoms with Gasteiger partial charge in [-0.15, -0.1) is 0 Å². The van der Waals surface area contributed by atoms with Gasteiger partial charge in [0.2, 0.25) is 0 Å². The number of nitrogens with two attached hydrogens (primary N) is 1. The van der Waals surface area contributed by atoms with E-state index >= 15 is 0 Å². The molecule has 0 radical (unpaired) electrons. The fourth-order valence-corrected chi connectivity index (χ4v) is 3.08. The minimum atomic E-state index is -0.646. The third-order valence-corrected chi connectivity index (χ3v) is 4.41. The van der Waals surface area contributed by atoms with Crippen molar-refractivity contribution in [3.05, 3.63) is 32.5 Å². The molecular formula is C13H17BrFN3O2. The van der Waals surface area contributed by atoms with Crippen molar-refractivity contribution in [1.29, 1.82) is 0 Å². The van der Waals surface area contributed by atoms with Gasteiger partial charge in [0.05, 0.1) is 15.5 Å². The maximum atomic E-state index is 13.4. The summed E-state index contributed by atoms with van der Waals surface area (Å²) in [6.45, 7) is 0.400. The topological polar surface area (TPSA) is 81.2 Å². The van der Waals surface area contributed by atoms with E-state index in [1.54, 1.807) is 0 Å². The summed E-state index contributed by atoms with van der Waals surface area (Å²) in [7, 11) is 0. The average Bonchev–Trinajstić information content (AvgIpc) is 2.93. The fraction of sp³-hybridized carbons (Fsp3) is 0.538. The molecule has 20 heavy (non-hydrogen) atoms. The Kier molecular flexibility index (Phi) is 4.93. The smallest absolute Gasteiger partial charge is 0.295 e. The second-order valence-corrected chi connectivity index (χ2v) is 5.93. The first-order chi connectivity index (χ1) is 9.52. The molecule has 3 N–H and O–H groups in total. The van der Waals surface area contributed by atoms with Gasteiger partial charge < -0.3 is 11.1 Å². The van der Waals surface area contributed by atoms with Crippen LogP contribution in [-0.4, -0.2) is 17.5 Å². The van der Waals surface area contributed by atoms with Crippen molar-refractivity contribution >= 4 is 27.3 Å². The number of nitrogens with zero attached hydrogens (tertiary/aromatic N) is 1.